The van der Waals surface area contributed by atoms with Crippen molar-refractivity contribution in [3.63, 3.8) is 0 Å². The van der Waals surface area contributed by atoms with Crippen LogP contribution in [0.15, 0.2) is 11.2 Å². The summed E-state index contributed by atoms with van der Waals surface area (Å²) in [4.78, 5) is 9.77. The van der Waals surface area contributed by atoms with E-state index in [2.05, 4.69) is 29.1 Å². The Morgan fingerprint density at radius 3 is 2.88 bits per heavy atom. The zero-order valence-corrected chi connectivity index (χ0v) is 12.8. The first-order chi connectivity index (χ1) is 7.26. The molecule has 0 amide bonds. The number of nitrogens with two attached hydrogens (primary N) is 1. The van der Waals surface area contributed by atoms with E-state index in [0.29, 0.717) is 12.5 Å². The molecule has 0 atom stereocenters. The van der Waals surface area contributed by atoms with Crippen molar-refractivity contribution in [1.29, 1.82) is 0 Å². The summed E-state index contributed by atoms with van der Waals surface area (Å²) in [5, 5.41) is 4.05. The zero-order valence-electron chi connectivity index (χ0n) is 9.69. The lowest BCUT2D eigenvalue weighted by atomic mass is 10.4. The number of nitrogens with zero attached hydrogens (tertiary/aromatic N) is 2. The molecule has 1 aromatic heterocycles. The van der Waals surface area contributed by atoms with Gasteiger partial charge in [0.15, 0.2) is 5.96 Å². The molecule has 0 unspecified atom stereocenters. The molecule has 0 aliphatic heterocycles. The fourth-order valence-corrected chi connectivity index (χ4v) is 1.83. The number of nitrogens with one attached hydrogen (secondary N) is 1. The third-order valence-corrected chi connectivity index (χ3v) is 3.02. The topological polar surface area (TPSA) is 63.3 Å². The highest BCUT2D eigenvalue weighted by Crippen LogP contribution is 2.13. The predicted molar refractivity (Wildman–Crippen MR) is 80.5 cm³/mol. The van der Waals surface area contributed by atoms with Gasteiger partial charge in [0.1, 0.15) is 5.01 Å². The summed E-state index contributed by atoms with van der Waals surface area (Å²) < 4.78 is 0. The van der Waals surface area contributed by atoms with E-state index in [-0.39, 0.29) is 24.0 Å². The minimum atomic E-state index is 0. The molecule has 0 aliphatic rings. The van der Waals surface area contributed by atoms with Gasteiger partial charge in [-0.15, -0.1) is 35.3 Å². The van der Waals surface area contributed by atoms with Crippen molar-refractivity contribution in [3.8, 4) is 0 Å². The van der Waals surface area contributed by atoms with Crippen molar-refractivity contribution in [2.45, 2.75) is 33.2 Å². The van der Waals surface area contributed by atoms with E-state index < -0.39 is 0 Å². The predicted octanol–water partition coefficient (Wildman–Crippen LogP) is 2.14. The molecular formula is C10H19IN4S. The Morgan fingerprint density at radius 2 is 2.31 bits per heavy atom. The molecule has 1 aromatic rings. The Morgan fingerprint density at radius 1 is 1.56 bits per heavy atom. The number of hydrogen-bond donors (Lipinski definition) is 2. The van der Waals surface area contributed by atoms with Gasteiger partial charge in [0, 0.05) is 17.6 Å². The maximum absolute atomic E-state index is 5.66. The number of aliphatic imine (C=N–C) groups is 1. The van der Waals surface area contributed by atoms with Crippen LogP contribution in [-0.2, 0) is 13.0 Å². The number of rotatable bonds is 5. The van der Waals surface area contributed by atoms with Crippen LogP contribution in [0.5, 0.6) is 0 Å². The van der Waals surface area contributed by atoms with Crippen molar-refractivity contribution in [1.82, 2.24) is 10.3 Å². The fourth-order valence-electron chi connectivity index (χ4n) is 1.05. The number of thiazole rings is 1. The Bertz CT molecular complexity index is 324. The average Bonchev–Trinajstić information content (AvgIpc) is 2.71. The second-order valence-electron chi connectivity index (χ2n) is 3.20. The highest BCUT2D eigenvalue weighted by Gasteiger charge is 1.99. The van der Waals surface area contributed by atoms with Crippen molar-refractivity contribution in [2.24, 2.45) is 10.7 Å². The zero-order chi connectivity index (χ0) is 11.1. The molecule has 0 fully saturated rings. The number of hydrogen-bond acceptors (Lipinski definition) is 3. The van der Waals surface area contributed by atoms with Gasteiger partial charge in [0.05, 0.1) is 6.54 Å². The van der Waals surface area contributed by atoms with E-state index >= 15 is 0 Å². The highest BCUT2D eigenvalue weighted by atomic mass is 127. The third-order valence-electron chi connectivity index (χ3n) is 1.89. The van der Waals surface area contributed by atoms with Crippen LogP contribution in [0.2, 0.25) is 0 Å². The molecule has 0 bridgehead atoms. The molecule has 6 heteroatoms. The summed E-state index contributed by atoms with van der Waals surface area (Å²) in [5.41, 5.74) is 5.66. The van der Waals surface area contributed by atoms with Crippen LogP contribution in [0.4, 0.5) is 0 Å². The minimum absolute atomic E-state index is 0. The number of aromatic nitrogens is 1. The van der Waals surface area contributed by atoms with Crippen molar-refractivity contribution < 1.29 is 0 Å². The van der Waals surface area contributed by atoms with Gasteiger partial charge in [-0.05, 0) is 12.8 Å². The number of guanidine groups is 1. The van der Waals surface area contributed by atoms with Gasteiger partial charge < -0.3 is 11.1 Å². The van der Waals surface area contributed by atoms with Crippen molar-refractivity contribution in [2.75, 3.05) is 6.54 Å². The molecule has 1 heterocycles. The van der Waals surface area contributed by atoms with Crippen molar-refractivity contribution >= 4 is 41.3 Å². The van der Waals surface area contributed by atoms with E-state index in [9.17, 15) is 0 Å². The Kier molecular flexibility index (Phi) is 8.54. The number of halogens is 1. The molecule has 0 saturated carbocycles. The molecule has 92 valence electrons. The highest BCUT2D eigenvalue weighted by molar-refractivity contribution is 14.0. The number of aryl methyl sites for hydroxylation is 1. The monoisotopic (exact) mass is 354 g/mol. The SMILES string of the molecule is CCCNC(N)=NCc1ncc(CC)s1.I. The summed E-state index contributed by atoms with van der Waals surface area (Å²) in [5.74, 6) is 0.505. The fraction of sp³-hybridized carbons (Fsp3) is 0.600. The van der Waals surface area contributed by atoms with E-state index in [1.54, 1.807) is 11.3 Å². The van der Waals surface area contributed by atoms with E-state index in [1.807, 2.05) is 6.20 Å². The summed E-state index contributed by atoms with van der Waals surface area (Å²) in [6.07, 6.45) is 3.99. The van der Waals surface area contributed by atoms with E-state index in [1.165, 1.54) is 4.88 Å². The van der Waals surface area contributed by atoms with Crippen LogP contribution < -0.4 is 11.1 Å². The summed E-state index contributed by atoms with van der Waals surface area (Å²) in [6, 6.07) is 0. The molecule has 0 radical (unpaired) electrons. The van der Waals surface area contributed by atoms with Gasteiger partial charge in [-0.25, -0.2) is 9.98 Å². The molecule has 0 aliphatic carbocycles. The molecule has 4 nitrogen and oxygen atoms in total. The van der Waals surface area contributed by atoms with Crippen LogP contribution in [0.1, 0.15) is 30.2 Å². The summed E-state index contributed by atoms with van der Waals surface area (Å²) in [7, 11) is 0. The maximum atomic E-state index is 5.66. The Labute approximate surface area is 118 Å². The van der Waals surface area contributed by atoms with Gasteiger partial charge in [-0.2, -0.15) is 0 Å². The summed E-state index contributed by atoms with van der Waals surface area (Å²) in [6.45, 7) is 5.66. The molecule has 3 N–H and O–H groups in total. The Hall–Kier alpha value is -0.370. The first-order valence-electron chi connectivity index (χ1n) is 5.23. The molecular weight excluding hydrogens is 335 g/mol. The minimum Gasteiger partial charge on any atom is -0.370 e. The molecule has 0 saturated heterocycles. The first-order valence-corrected chi connectivity index (χ1v) is 6.05. The first kappa shape index (κ1) is 15.6. The van der Waals surface area contributed by atoms with Crippen LogP contribution >= 0.6 is 35.3 Å². The smallest absolute Gasteiger partial charge is 0.189 e. The quantitative estimate of drug-likeness (QED) is 0.484. The van der Waals surface area contributed by atoms with Gasteiger partial charge in [0.25, 0.3) is 0 Å². The largest absolute Gasteiger partial charge is 0.370 e. The van der Waals surface area contributed by atoms with Crippen LogP contribution in [-0.4, -0.2) is 17.5 Å². The lowest BCUT2D eigenvalue weighted by molar-refractivity contribution is 0.825. The standard InChI is InChI=1S/C10H18N4S.HI/c1-3-5-12-10(11)14-7-9-13-6-8(4-2)15-9;/h6H,3-5,7H2,1-2H3,(H3,11,12,14);1H. The normalized spacial score (nSPS) is 11.0. The molecule has 16 heavy (non-hydrogen) atoms. The molecule has 0 spiro atoms. The van der Waals surface area contributed by atoms with Gasteiger partial charge in [0.2, 0.25) is 0 Å². The van der Waals surface area contributed by atoms with Gasteiger partial charge in [-0.1, -0.05) is 13.8 Å². The van der Waals surface area contributed by atoms with E-state index in [0.717, 1.165) is 24.4 Å². The summed E-state index contributed by atoms with van der Waals surface area (Å²) >= 11 is 1.70. The van der Waals surface area contributed by atoms with E-state index in [4.69, 9.17) is 5.73 Å². The van der Waals surface area contributed by atoms with Gasteiger partial charge in [-0.3, -0.25) is 0 Å². The molecule has 0 aromatic carbocycles. The van der Waals surface area contributed by atoms with Crippen LogP contribution in [0.3, 0.4) is 0 Å². The Balaban J connectivity index is 0.00000225. The second kappa shape index (κ2) is 8.74. The lowest BCUT2D eigenvalue weighted by Crippen LogP contribution is -2.32. The van der Waals surface area contributed by atoms with Crippen molar-refractivity contribution in [3.05, 3.63) is 16.1 Å². The van der Waals surface area contributed by atoms with Crippen LogP contribution in [0, 0.1) is 0 Å². The maximum Gasteiger partial charge on any atom is 0.189 e. The van der Waals surface area contributed by atoms with Crippen LogP contribution in [0.25, 0.3) is 0 Å². The average molecular weight is 354 g/mol. The third kappa shape index (κ3) is 5.64. The second-order valence-corrected chi connectivity index (χ2v) is 4.40. The molecule has 1 rings (SSSR count). The van der Waals surface area contributed by atoms with Gasteiger partial charge >= 0.3 is 0 Å². The lowest BCUT2D eigenvalue weighted by Gasteiger charge is -2.01.